The molecule has 0 aromatic heterocycles. The van der Waals surface area contributed by atoms with E-state index in [0.29, 0.717) is 6.42 Å². The summed E-state index contributed by atoms with van der Waals surface area (Å²) in [5, 5.41) is 11.3. The highest BCUT2D eigenvalue weighted by molar-refractivity contribution is 6.33. The fourth-order valence-electron chi connectivity index (χ4n) is 2.30. The molecule has 1 atom stereocenters. The van der Waals surface area contributed by atoms with Gasteiger partial charge in [0.25, 0.3) is 0 Å². The second-order valence-electron chi connectivity index (χ2n) is 5.66. The number of benzene rings is 1. The predicted octanol–water partition coefficient (Wildman–Crippen LogP) is 3.69. The minimum atomic E-state index is -4.52. The number of nitrogens with one attached hydrogen (secondary N) is 1. The Morgan fingerprint density at radius 2 is 2.04 bits per heavy atom. The highest BCUT2D eigenvalue weighted by Crippen LogP contribution is 2.34. The van der Waals surface area contributed by atoms with Gasteiger partial charge < -0.3 is 15.3 Å². The maximum atomic E-state index is 12.6. The van der Waals surface area contributed by atoms with Crippen LogP contribution in [0.15, 0.2) is 18.2 Å². The van der Waals surface area contributed by atoms with Gasteiger partial charge in [-0.15, -0.1) is 0 Å². The van der Waals surface area contributed by atoms with Crippen LogP contribution in [0, 0.1) is 5.41 Å². The third-order valence-corrected chi connectivity index (χ3v) is 4.13. The van der Waals surface area contributed by atoms with E-state index in [4.69, 9.17) is 16.7 Å². The van der Waals surface area contributed by atoms with Crippen molar-refractivity contribution in [3.63, 3.8) is 0 Å². The molecule has 0 saturated carbocycles. The van der Waals surface area contributed by atoms with E-state index in [1.54, 1.807) is 0 Å². The van der Waals surface area contributed by atoms with Crippen molar-refractivity contribution in [2.24, 2.45) is 5.41 Å². The first kappa shape index (κ1) is 17.4. The van der Waals surface area contributed by atoms with Gasteiger partial charge in [0.05, 0.1) is 21.7 Å². The van der Waals surface area contributed by atoms with Crippen LogP contribution >= 0.6 is 11.6 Å². The molecule has 9 heteroatoms. The van der Waals surface area contributed by atoms with Gasteiger partial charge in [0.15, 0.2) is 0 Å². The Bertz CT molecular complexity index is 651. The summed E-state index contributed by atoms with van der Waals surface area (Å²) in [5.41, 5.74) is -1.91. The molecule has 2 rings (SSSR count). The van der Waals surface area contributed by atoms with Gasteiger partial charge in [0.1, 0.15) is 0 Å². The van der Waals surface area contributed by atoms with Crippen molar-refractivity contribution >= 4 is 29.3 Å². The molecule has 0 radical (unpaired) electrons. The number of hydrogen-bond donors (Lipinski definition) is 2. The SMILES string of the molecule is CC1(C(=O)O)CCN(C(=O)Nc2ccc(C(F)(F)F)cc2Cl)C1. The third kappa shape index (κ3) is 3.69. The molecule has 2 N–H and O–H groups in total. The fraction of sp³-hybridized carbons (Fsp3) is 0.429. The van der Waals surface area contributed by atoms with Gasteiger partial charge in [-0.05, 0) is 31.5 Å². The van der Waals surface area contributed by atoms with Gasteiger partial charge in [-0.1, -0.05) is 11.6 Å². The Labute approximate surface area is 135 Å². The molecular formula is C14H14ClF3N2O3. The third-order valence-electron chi connectivity index (χ3n) is 3.81. The number of halogens is 4. The molecule has 23 heavy (non-hydrogen) atoms. The Morgan fingerprint density at radius 3 is 2.52 bits per heavy atom. The lowest BCUT2D eigenvalue weighted by atomic mass is 9.90. The number of rotatable bonds is 2. The first-order valence-electron chi connectivity index (χ1n) is 6.69. The summed E-state index contributed by atoms with van der Waals surface area (Å²) in [6.07, 6.45) is -4.22. The predicted molar refractivity (Wildman–Crippen MR) is 77.4 cm³/mol. The fourth-order valence-corrected chi connectivity index (χ4v) is 2.52. The quantitative estimate of drug-likeness (QED) is 0.854. The minimum Gasteiger partial charge on any atom is -0.481 e. The lowest BCUT2D eigenvalue weighted by molar-refractivity contribution is -0.147. The van der Waals surface area contributed by atoms with Crippen molar-refractivity contribution in [3.05, 3.63) is 28.8 Å². The van der Waals surface area contributed by atoms with Crippen LogP contribution in [-0.2, 0) is 11.0 Å². The minimum absolute atomic E-state index is 0.0203. The van der Waals surface area contributed by atoms with E-state index in [1.807, 2.05) is 0 Å². The summed E-state index contributed by atoms with van der Waals surface area (Å²) >= 11 is 5.77. The van der Waals surface area contributed by atoms with Crippen molar-refractivity contribution in [1.29, 1.82) is 0 Å². The number of anilines is 1. The zero-order valence-electron chi connectivity index (χ0n) is 12.1. The number of carboxylic acid groups (broad SMARTS) is 1. The molecule has 2 amide bonds. The van der Waals surface area contributed by atoms with Gasteiger partial charge in [-0.2, -0.15) is 13.2 Å². The topological polar surface area (TPSA) is 69.6 Å². The van der Waals surface area contributed by atoms with Gasteiger partial charge in [-0.3, -0.25) is 4.79 Å². The highest BCUT2D eigenvalue weighted by atomic mass is 35.5. The molecule has 1 aromatic rings. The van der Waals surface area contributed by atoms with E-state index in [2.05, 4.69) is 5.32 Å². The van der Waals surface area contributed by atoms with Crippen LogP contribution < -0.4 is 5.32 Å². The van der Waals surface area contributed by atoms with E-state index in [1.165, 1.54) is 11.8 Å². The Kier molecular flexibility index (Phi) is 4.48. The number of aliphatic carboxylic acids is 1. The Balaban J connectivity index is 2.09. The highest BCUT2D eigenvalue weighted by Gasteiger charge is 2.42. The molecule has 0 aliphatic carbocycles. The van der Waals surface area contributed by atoms with Crippen molar-refractivity contribution in [3.8, 4) is 0 Å². The van der Waals surface area contributed by atoms with E-state index in [9.17, 15) is 22.8 Å². The van der Waals surface area contributed by atoms with E-state index >= 15 is 0 Å². The van der Waals surface area contributed by atoms with Gasteiger partial charge in [-0.25, -0.2) is 4.79 Å². The molecule has 5 nitrogen and oxygen atoms in total. The van der Waals surface area contributed by atoms with Crippen LogP contribution in [0.5, 0.6) is 0 Å². The molecule has 126 valence electrons. The van der Waals surface area contributed by atoms with Crippen molar-refractivity contribution < 1.29 is 27.9 Å². The van der Waals surface area contributed by atoms with Crippen LogP contribution in [0.4, 0.5) is 23.7 Å². The summed E-state index contributed by atoms with van der Waals surface area (Å²) < 4.78 is 37.7. The van der Waals surface area contributed by atoms with Crippen molar-refractivity contribution in [2.75, 3.05) is 18.4 Å². The van der Waals surface area contributed by atoms with Gasteiger partial charge in [0.2, 0.25) is 0 Å². The first-order valence-corrected chi connectivity index (χ1v) is 7.07. The smallest absolute Gasteiger partial charge is 0.416 e. The lowest BCUT2D eigenvalue weighted by Crippen LogP contribution is -2.37. The average molecular weight is 351 g/mol. The van der Waals surface area contributed by atoms with Crippen LogP contribution in [0.1, 0.15) is 18.9 Å². The number of amides is 2. The van der Waals surface area contributed by atoms with Crippen LogP contribution in [-0.4, -0.2) is 35.1 Å². The van der Waals surface area contributed by atoms with E-state index in [-0.39, 0.29) is 23.8 Å². The molecule has 1 unspecified atom stereocenters. The molecule has 1 fully saturated rings. The molecule has 1 aliphatic heterocycles. The van der Waals surface area contributed by atoms with E-state index in [0.717, 1.165) is 18.2 Å². The summed E-state index contributed by atoms with van der Waals surface area (Å²) in [5.74, 6) is -1.000. The van der Waals surface area contributed by atoms with Crippen LogP contribution in [0.25, 0.3) is 0 Å². The van der Waals surface area contributed by atoms with Crippen molar-refractivity contribution in [2.45, 2.75) is 19.5 Å². The van der Waals surface area contributed by atoms with Gasteiger partial charge >= 0.3 is 18.2 Å². The van der Waals surface area contributed by atoms with Gasteiger partial charge in [0, 0.05) is 13.1 Å². The summed E-state index contributed by atoms with van der Waals surface area (Å²) in [4.78, 5) is 24.5. The normalized spacial score (nSPS) is 21.3. The summed E-state index contributed by atoms with van der Waals surface area (Å²) in [7, 11) is 0. The number of alkyl halides is 3. The zero-order valence-corrected chi connectivity index (χ0v) is 12.8. The Morgan fingerprint density at radius 1 is 1.39 bits per heavy atom. The van der Waals surface area contributed by atoms with E-state index < -0.39 is 29.2 Å². The average Bonchev–Trinajstić information content (AvgIpc) is 2.84. The molecule has 0 spiro atoms. The number of carbonyl (C=O) groups is 2. The second-order valence-corrected chi connectivity index (χ2v) is 6.07. The number of urea groups is 1. The summed E-state index contributed by atoms with van der Waals surface area (Å²) in [6, 6.07) is 2.00. The molecule has 1 saturated heterocycles. The Hall–Kier alpha value is -1.96. The molecule has 1 aliphatic rings. The molecule has 1 aromatic carbocycles. The molecule has 1 heterocycles. The lowest BCUT2D eigenvalue weighted by Gasteiger charge is -2.21. The number of nitrogens with zero attached hydrogens (tertiary/aromatic N) is 1. The van der Waals surface area contributed by atoms with Crippen LogP contribution in [0.2, 0.25) is 5.02 Å². The molecule has 0 bridgehead atoms. The standard InChI is InChI=1S/C14H14ClF3N2O3/c1-13(11(21)22)4-5-20(7-13)12(23)19-10-3-2-8(6-9(10)15)14(16,17)18/h2-3,6H,4-5,7H2,1H3,(H,19,23)(H,21,22). The number of likely N-dealkylation sites (tertiary alicyclic amines) is 1. The maximum absolute atomic E-state index is 12.6. The number of hydrogen-bond acceptors (Lipinski definition) is 2. The number of carbonyl (C=O) groups excluding carboxylic acids is 1. The monoisotopic (exact) mass is 350 g/mol. The molecular weight excluding hydrogens is 337 g/mol. The van der Waals surface area contributed by atoms with Crippen molar-refractivity contribution in [1.82, 2.24) is 4.90 Å². The number of carboxylic acids is 1. The zero-order chi connectivity index (χ0) is 17.4. The maximum Gasteiger partial charge on any atom is 0.416 e. The first-order chi connectivity index (χ1) is 10.5. The largest absolute Gasteiger partial charge is 0.481 e. The van der Waals surface area contributed by atoms with Crippen LogP contribution in [0.3, 0.4) is 0 Å². The second kappa shape index (κ2) is 5.92. The summed E-state index contributed by atoms with van der Waals surface area (Å²) in [6.45, 7) is 1.80.